The third-order valence-electron chi connectivity index (χ3n) is 4.99. The summed E-state index contributed by atoms with van der Waals surface area (Å²) in [6, 6.07) is 0. The number of carbonyl (C=O) groups is 1. The number of carbonyl (C=O) groups excluding carboxylic acids is 1. The molecule has 0 aromatic heterocycles. The van der Waals surface area contributed by atoms with E-state index in [1.54, 1.807) is 0 Å². The Balaban J connectivity index is 1.86. The van der Waals surface area contributed by atoms with Gasteiger partial charge in [-0.05, 0) is 51.4 Å². The number of hydrogen-bond donors (Lipinski definition) is 0. The smallest absolute Gasteiger partial charge is 0.222 e. The number of unbranched alkanes of at least 4 members (excludes halogenated alkanes) is 7. The Morgan fingerprint density at radius 3 is 1.92 bits per heavy atom. The van der Waals surface area contributed by atoms with Crippen LogP contribution in [0.15, 0.2) is 36.5 Å². The maximum atomic E-state index is 11.9. The summed E-state index contributed by atoms with van der Waals surface area (Å²) in [5.74, 6) is 0.351. The summed E-state index contributed by atoms with van der Waals surface area (Å²) >= 11 is 0. The molecule has 1 fully saturated rings. The van der Waals surface area contributed by atoms with Gasteiger partial charge in [0.2, 0.25) is 5.91 Å². The van der Waals surface area contributed by atoms with Gasteiger partial charge >= 0.3 is 0 Å². The number of nitrogens with zero attached hydrogens (tertiary/aromatic N) is 1. The molecule has 1 saturated heterocycles. The second-order valence-electron chi connectivity index (χ2n) is 7.42. The molecule has 1 heterocycles. The molecule has 0 saturated carbocycles. The van der Waals surface area contributed by atoms with Gasteiger partial charge in [0.25, 0.3) is 0 Å². The average molecular weight is 360 g/mol. The van der Waals surface area contributed by atoms with E-state index in [2.05, 4.69) is 43.4 Å². The molecule has 0 aromatic rings. The van der Waals surface area contributed by atoms with Gasteiger partial charge in [-0.15, -0.1) is 0 Å². The highest BCUT2D eigenvalue weighted by molar-refractivity contribution is 5.76. The van der Waals surface area contributed by atoms with Crippen LogP contribution in [0.1, 0.15) is 96.8 Å². The van der Waals surface area contributed by atoms with E-state index in [1.165, 1.54) is 57.8 Å². The van der Waals surface area contributed by atoms with Crippen LogP contribution < -0.4 is 0 Å². The molecular formula is C24H41NO. The molecule has 148 valence electrons. The molecule has 1 aliphatic rings. The summed E-state index contributed by atoms with van der Waals surface area (Å²) in [5, 5.41) is 0. The van der Waals surface area contributed by atoms with E-state index in [0.717, 1.165) is 38.8 Å². The molecule has 26 heavy (non-hydrogen) atoms. The first-order valence-electron chi connectivity index (χ1n) is 11.1. The van der Waals surface area contributed by atoms with E-state index in [4.69, 9.17) is 0 Å². The van der Waals surface area contributed by atoms with Crippen LogP contribution in [0.25, 0.3) is 0 Å². The van der Waals surface area contributed by atoms with Crippen LogP contribution in [0.5, 0.6) is 0 Å². The van der Waals surface area contributed by atoms with Crippen molar-refractivity contribution in [2.45, 2.75) is 96.8 Å². The van der Waals surface area contributed by atoms with Crippen molar-refractivity contribution in [3.05, 3.63) is 36.5 Å². The molecular weight excluding hydrogens is 318 g/mol. The lowest BCUT2D eigenvalue weighted by molar-refractivity contribution is -0.130. The maximum Gasteiger partial charge on any atom is 0.222 e. The van der Waals surface area contributed by atoms with E-state index in [-0.39, 0.29) is 0 Å². The van der Waals surface area contributed by atoms with Crippen molar-refractivity contribution in [2.24, 2.45) is 0 Å². The van der Waals surface area contributed by atoms with Crippen molar-refractivity contribution >= 4 is 5.91 Å². The molecule has 1 rings (SSSR count). The first kappa shape index (κ1) is 22.7. The van der Waals surface area contributed by atoms with Crippen LogP contribution in [0, 0.1) is 0 Å². The van der Waals surface area contributed by atoms with Crippen LogP contribution in [0.2, 0.25) is 0 Å². The van der Waals surface area contributed by atoms with E-state index in [1.807, 2.05) is 4.90 Å². The van der Waals surface area contributed by atoms with Gasteiger partial charge in [-0.25, -0.2) is 0 Å². The fourth-order valence-corrected chi connectivity index (χ4v) is 3.32. The number of amides is 1. The molecule has 0 aromatic carbocycles. The molecule has 1 amide bonds. The normalized spacial score (nSPS) is 15.2. The van der Waals surface area contributed by atoms with E-state index in [9.17, 15) is 4.79 Å². The Kier molecular flexibility index (Phi) is 15.0. The van der Waals surface area contributed by atoms with Gasteiger partial charge < -0.3 is 4.90 Å². The first-order valence-corrected chi connectivity index (χ1v) is 11.1. The third kappa shape index (κ3) is 13.0. The molecule has 0 radical (unpaired) electrons. The Hall–Kier alpha value is -1.31. The van der Waals surface area contributed by atoms with Crippen molar-refractivity contribution in [1.29, 1.82) is 0 Å². The monoisotopic (exact) mass is 359 g/mol. The largest absolute Gasteiger partial charge is 0.343 e. The number of allylic oxidation sites excluding steroid dienone is 6. The van der Waals surface area contributed by atoms with Crippen molar-refractivity contribution < 1.29 is 4.79 Å². The molecule has 2 nitrogen and oxygen atoms in total. The Morgan fingerprint density at radius 1 is 0.731 bits per heavy atom. The first-order chi connectivity index (χ1) is 12.8. The van der Waals surface area contributed by atoms with Gasteiger partial charge in [0.05, 0.1) is 0 Å². The second-order valence-corrected chi connectivity index (χ2v) is 7.42. The van der Waals surface area contributed by atoms with Crippen LogP contribution in [-0.4, -0.2) is 23.9 Å². The van der Waals surface area contributed by atoms with Crippen LogP contribution >= 0.6 is 0 Å². The fraction of sp³-hybridized carbons (Fsp3) is 0.708. The summed E-state index contributed by atoms with van der Waals surface area (Å²) in [6.07, 6.45) is 30.2. The van der Waals surface area contributed by atoms with Crippen LogP contribution in [0.3, 0.4) is 0 Å². The van der Waals surface area contributed by atoms with Crippen molar-refractivity contribution in [1.82, 2.24) is 4.90 Å². The number of rotatable bonds is 15. The molecule has 0 aliphatic carbocycles. The lowest BCUT2D eigenvalue weighted by Crippen LogP contribution is -2.27. The quantitative estimate of drug-likeness (QED) is 0.228. The lowest BCUT2D eigenvalue weighted by atomic mass is 10.1. The molecule has 0 N–H and O–H groups in total. The standard InChI is InChI=1S/C24H41NO/c1-2-3-4-5-6-7-8-9-10-11-12-13-14-15-16-17-18-21-24(26)25-22-19-20-23-25/h9-10,12-13,15-16H,2-8,11,14,17-23H2,1H3/b10-9-,13-12-,16-15-. The highest BCUT2D eigenvalue weighted by Gasteiger charge is 2.16. The maximum absolute atomic E-state index is 11.9. The van der Waals surface area contributed by atoms with Crippen molar-refractivity contribution in [3.8, 4) is 0 Å². The fourth-order valence-electron chi connectivity index (χ4n) is 3.32. The van der Waals surface area contributed by atoms with Crippen LogP contribution in [-0.2, 0) is 4.79 Å². The highest BCUT2D eigenvalue weighted by atomic mass is 16.2. The average Bonchev–Trinajstić information content (AvgIpc) is 3.19. The molecule has 0 spiro atoms. The highest BCUT2D eigenvalue weighted by Crippen LogP contribution is 2.11. The van der Waals surface area contributed by atoms with Gasteiger partial charge in [-0.1, -0.05) is 75.5 Å². The van der Waals surface area contributed by atoms with Gasteiger partial charge in [-0.3, -0.25) is 4.79 Å². The Bertz CT molecular complexity index is 416. The van der Waals surface area contributed by atoms with E-state index >= 15 is 0 Å². The van der Waals surface area contributed by atoms with E-state index < -0.39 is 0 Å². The zero-order chi connectivity index (χ0) is 18.7. The predicted molar refractivity (Wildman–Crippen MR) is 114 cm³/mol. The SMILES string of the molecule is CCCCCCCC/C=C\C/C=C\C/C=C\CCCC(=O)N1CCCC1. The minimum absolute atomic E-state index is 0.351. The van der Waals surface area contributed by atoms with Crippen LogP contribution in [0.4, 0.5) is 0 Å². The Morgan fingerprint density at radius 2 is 1.27 bits per heavy atom. The summed E-state index contributed by atoms with van der Waals surface area (Å²) in [6.45, 7) is 4.23. The van der Waals surface area contributed by atoms with Gasteiger partial charge in [0.15, 0.2) is 0 Å². The number of hydrogen-bond acceptors (Lipinski definition) is 1. The molecule has 0 bridgehead atoms. The number of likely N-dealkylation sites (tertiary alicyclic amines) is 1. The predicted octanol–water partition coefficient (Wildman–Crippen LogP) is 6.98. The van der Waals surface area contributed by atoms with Crippen molar-refractivity contribution in [3.63, 3.8) is 0 Å². The van der Waals surface area contributed by atoms with E-state index in [0.29, 0.717) is 12.3 Å². The summed E-state index contributed by atoms with van der Waals surface area (Å²) in [5.41, 5.74) is 0. The lowest BCUT2D eigenvalue weighted by Gasteiger charge is -2.14. The summed E-state index contributed by atoms with van der Waals surface area (Å²) in [7, 11) is 0. The molecule has 1 aliphatic heterocycles. The van der Waals surface area contributed by atoms with Gasteiger partial charge in [-0.2, -0.15) is 0 Å². The minimum Gasteiger partial charge on any atom is -0.343 e. The Labute approximate surface area is 162 Å². The van der Waals surface area contributed by atoms with Crippen molar-refractivity contribution in [2.75, 3.05) is 13.1 Å². The molecule has 2 heteroatoms. The molecule has 0 atom stereocenters. The zero-order valence-corrected chi connectivity index (χ0v) is 17.1. The van der Waals surface area contributed by atoms with Gasteiger partial charge in [0, 0.05) is 19.5 Å². The summed E-state index contributed by atoms with van der Waals surface area (Å²) < 4.78 is 0. The minimum atomic E-state index is 0.351. The zero-order valence-electron chi connectivity index (χ0n) is 17.1. The second kappa shape index (κ2) is 17.1. The van der Waals surface area contributed by atoms with Gasteiger partial charge in [0.1, 0.15) is 0 Å². The third-order valence-corrected chi connectivity index (χ3v) is 4.99. The molecule has 0 unspecified atom stereocenters. The topological polar surface area (TPSA) is 20.3 Å². The summed E-state index contributed by atoms with van der Waals surface area (Å²) in [4.78, 5) is 13.9.